The molecular formula is C47H57N7O8. The molecule has 3 aliphatic rings. The second-order valence-corrected chi connectivity index (χ2v) is 18.0. The molecule has 1 aliphatic carbocycles. The zero-order chi connectivity index (χ0) is 44.0. The summed E-state index contributed by atoms with van der Waals surface area (Å²) in [5, 5.41) is 7.49. The van der Waals surface area contributed by atoms with E-state index < -0.39 is 24.3 Å². The number of carbonyl (C=O) groups excluding carboxylic acids is 4. The zero-order valence-corrected chi connectivity index (χ0v) is 36.7. The van der Waals surface area contributed by atoms with Crippen LogP contribution in [0.1, 0.15) is 83.1 Å². The molecule has 7 atom stereocenters. The number of benzene rings is 3. The number of hydrogen-bond acceptors (Lipinski definition) is 10. The molecule has 15 nitrogen and oxygen atoms in total. The Morgan fingerprint density at radius 2 is 1.61 bits per heavy atom. The van der Waals surface area contributed by atoms with Gasteiger partial charge in [0.05, 0.1) is 49.2 Å². The van der Waals surface area contributed by atoms with E-state index in [1.165, 1.54) is 14.2 Å². The predicted molar refractivity (Wildman–Crippen MR) is 233 cm³/mol. The van der Waals surface area contributed by atoms with Crippen LogP contribution in [-0.4, -0.2) is 95.3 Å². The van der Waals surface area contributed by atoms with Crippen molar-refractivity contribution in [1.82, 2.24) is 35.5 Å². The Morgan fingerprint density at radius 3 is 2.32 bits per heavy atom. The number of H-pyrrole nitrogens is 2. The topological polar surface area (TPSA) is 190 Å². The molecule has 0 radical (unpaired) electrons. The molecule has 0 bridgehead atoms. The van der Waals surface area contributed by atoms with Crippen LogP contribution in [0.5, 0.6) is 5.75 Å². The van der Waals surface area contributed by atoms with E-state index in [9.17, 15) is 19.2 Å². The van der Waals surface area contributed by atoms with Gasteiger partial charge in [-0.25, -0.2) is 19.6 Å². The first-order valence-electron chi connectivity index (χ1n) is 21.6. The summed E-state index contributed by atoms with van der Waals surface area (Å²) in [6.07, 6.45) is 2.68. The van der Waals surface area contributed by atoms with Crippen molar-refractivity contribution in [2.75, 3.05) is 34.5 Å². The number of imidazole rings is 2. The van der Waals surface area contributed by atoms with E-state index in [1.54, 1.807) is 7.11 Å². The molecular weight excluding hydrogens is 791 g/mol. The van der Waals surface area contributed by atoms with Crippen molar-refractivity contribution in [2.24, 2.45) is 29.6 Å². The summed E-state index contributed by atoms with van der Waals surface area (Å²) in [5.74, 6) is 1.70. The molecule has 3 amide bonds. The van der Waals surface area contributed by atoms with Crippen LogP contribution in [0.4, 0.5) is 9.59 Å². The number of likely N-dealkylation sites (tertiary alicyclic amines) is 1. The average Bonchev–Trinajstić information content (AvgIpc) is 4.09. The van der Waals surface area contributed by atoms with Gasteiger partial charge in [0.25, 0.3) is 0 Å². The number of Topliss-reactive ketones (excluding diaryl/α,β-unsaturated/α-hetero) is 1. The highest BCUT2D eigenvalue weighted by Gasteiger charge is 2.44. The van der Waals surface area contributed by atoms with Crippen LogP contribution < -0.4 is 15.4 Å². The minimum Gasteiger partial charge on any atom is -0.488 e. The van der Waals surface area contributed by atoms with Crippen molar-refractivity contribution in [3.63, 3.8) is 0 Å². The van der Waals surface area contributed by atoms with E-state index in [0.29, 0.717) is 32.0 Å². The van der Waals surface area contributed by atoms with Crippen LogP contribution in [0.3, 0.4) is 0 Å². The SMILES string of the molecule is COC[C@@H]1CC(C(=O)[C@@H](NC(=O)OC)C(C)C)[C@H](c2nc3ccc4cc5c(cc4c3[nH]2)OCc2cc(-c3cnc([C@@H]4C[C@H](C)CN4C(=O)[C@@H](NC(=O)OC)C(C)C)[nH]3)ccc2-5)C1. The molecule has 0 spiro atoms. The van der Waals surface area contributed by atoms with Crippen LogP contribution in [0, 0.1) is 29.6 Å². The Balaban J connectivity index is 1.05. The number of amides is 3. The second kappa shape index (κ2) is 17.4. The van der Waals surface area contributed by atoms with E-state index in [2.05, 4.69) is 63.9 Å². The van der Waals surface area contributed by atoms with Crippen molar-refractivity contribution in [1.29, 1.82) is 0 Å². The van der Waals surface area contributed by atoms with E-state index >= 15 is 0 Å². The van der Waals surface area contributed by atoms with Crippen molar-refractivity contribution in [3.8, 4) is 28.1 Å². The van der Waals surface area contributed by atoms with Crippen LogP contribution in [0.25, 0.3) is 44.2 Å². The van der Waals surface area contributed by atoms with Gasteiger partial charge >= 0.3 is 12.2 Å². The lowest BCUT2D eigenvalue weighted by atomic mass is 9.84. The number of hydrogen-bond donors (Lipinski definition) is 4. The second-order valence-electron chi connectivity index (χ2n) is 18.0. The largest absolute Gasteiger partial charge is 0.488 e. The zero-order valence-electron chi connectivity index (χ0n) is 36.7. The molecule has 328 valence electrons. The summed E-state index contributed by atoms with van der Waals surface area (Å²) in [7, 11) is 4.27. The molecule has 2 aromatic heterocycles. The summed E-state index contributed by atoms with van der Waals surface area (Å²) in [4.78, 5) is 71.1. The summed E-state index contributed by atoms with van der Waals surface area (Å²) in [5.41, 5.74) is 6.59. The Hall–Kier alpha value is -5.96. The lowest BCUT2D eigenvalue weighted by molar-refractivity contribution is -0.135. The molecule has 1 unspecified atom stereocenters. The fraction of sp³-hybridized carbons (Fsp3) is 0.489. The first-order valence-corrected chi connectivity index (χ1v) is 21.6. The van der Waals surface area contributed by atoms with E-state index in [4.69, 9.17) is 28.9 Å². The standard InChI is InChI=1S/C47H57N7O8/c1-23(2)39(52-46(57)60-7)42(55)33-14-26(21-59-6)15-34(33)43-49-35-12-10-27-17-32-30-11-9-28(16-29(30)22-62-38(32)18-31(27)41(35)51-43)36-19-48-44(50-36)37-13-25(5)20-54(37)45(56)40(24(3)4)53-47(58)61-8/h9-12,16-19,23-26,33-34,37,39-40H,13-15,20-22H2,1-8H3,(H,48,50)(H,49,51)(H,52,57)(H,53,58)/t25-,26+,33?,34+,37-,39-,40-/m0/s1. The molecule has 4 heterocycles. The summed E-state index contributed by atoms with van der Waals surface area (Å²) >= 11 is 0. The molecule has 5 aromatic rings. The van der Waals surface area contributed by atoms with Gasteiger partial charge in [-0.15, -0.1) is 0 Å². The van der Waals surface area contributed by atoms with Crippen LogP contribution in [-0.2, 0) is 30.4 Å². The molecule has 15 heteroatoms. The van der Waals surface area contributed by atoms with Gasteiger partial charge in [-0.1, -0.05) is 52.8 Å². The van der Waals surface area contributed by atoms with Crippen LogP contribution in [0.15, 0.2) is 48.7 Å². The maximum Gasteiger partial charge on any atom is 0.407 e. The maximum atomic E-state index is 14.1. The minimum atomic E-state index is -0.716. The number of ketones is 1. The predicted octanol–water partition coefficient (Wildman–Crippen LogP) is 7.66. The number of aromatic amines is 2. The number of nitrogens with one attached hydrogen (secondary N) is 4. The van der Waals surface area contributed by atoms with Crippen LogP contribution in [0.2, 0.25) is 0 Å². The van der Waals surface area contributed by atoms with Gasteiger partial charge in [0.15, 0.2) is 5.78 Å². The lowest BCUT2D eigenvalue weighted by Crippen LogP contribution is -2.51. The van der Waals surface area contributed by atoms with Gasteiger partial charge < -0.3 is 44.4 Å². The fourth-order valence-electron chi connectivity index (χ4n) is 9.85. The normalized spacial score (nSPS) is 21.7. The van der Waals surface area contributed by atoms with Gasteiger partial charge in [-0.3, -0.25) is 9.59 Å². The molecule has 2 aliphatic heterocycles. The number of carbonyl (C=O) groups is 4. The first kappa shape index (κ1) is 42.7. The van der Waals surface area contributed by atoms with Gasteiger partial charge in [-0.05, 0) is 89.3 Å². The Kier molecular flexibility index (Phi) is 12.0. The Bertz CT molecular complexity index is 2510. The Morgan fingerprint density at radius 1 is 0.871 bits per heavy atom. The van der Waals surface area contributed by atoms with Gasteiger partial charge in [0.2, 0.25) is 5.91 Å². The third-order valence-corrected chi connectivity index (χ3v) is 13.0. The summed E-state index contributed by atoms with van der Waals surface area (Å²) in [6.45, 7) is 11.3. The number of rotatable bonds is 12. The molecule has 2 fully saturated rings. The van der Waals surface area contributed by atoms with Gasteiger partial charge in [-0.2, -0.15) is 0 Å². The van der Waals surface area contributed by atoms with Crippen molar-refractivity contribution < 1.29 is 38.1 Å². The third-order valence-electron chi connectivity index (χ3n) is 13.0. The van der Waals surface area contributed by atoms with Crippen molar-refractivity contribution in [3.05, 3.63) is 65.9 Å². The molecule has 62 heavy (non-hydrogen) atoms. The number of aromatic nitrogens is 4. The van der Waals surface area contributed by atoms with Crippen LogP contribution >= 0.6 is 0 Å². The average molecular weight is 848 g/mol. The van der Waals surface area contributed by atoms with Gasteiger partial charge in [0, 0.05) is 43.0 Å². The van der Waals surface area contributed by atoms with E-state index in [1.807, 2.05) is 44.9 Å². The monoisotopic (exact) mass is 847 g/mol. The molecule has 4 N–H and O–H groups in total. The smallest absolute Gasteiger partial charge is 0.407 e. The van der Waals surface area contributed by atoms with E-state index in [-0.39, 0.29) is 53.2 Å². The Labute approximate surface area is 361 Å². The van der Waals surface area contributed by atoms with Crippen molar-refractivity contribution >= 4 is 45.7 Å². The number of alkyl carbamates (subject to hydrolysis) is 2. The molecule has 8 rings (SSSR count). The summed E-state index contributed by atoms with van der Waals surface area (Å²) in [6, 6.07) is 13.0. The number of fused-ring (bicyclic) bond motifs is 6. The van der Waals surface area contributed by atoms with Crippen molar-refractivity contribution in [2.45, 2.75) is 84.5 Å². The summed E-state index contributed by atoms with van der Waals surface area (Å²) < 4.78 is 21.6. The molecule has 3 aromatic carbocycles. The first-order chi connectivity index (χ1) is 29.8. The highest BCUT2D eigenvalue weighted by Crippen LogP contribution is 2.46. The van der Waals surface area contributed by atoms with E-state index in [0.717, 1.165) is 74.2 Å². The molecule has 1 saturated carbocycles. The fourth-order valence-corrected chi connectivity index (χ4v) is 9.85. The highest BCUT2D eigenvalue weighted by molar-refractivity contribution is 6.07. The highest BCUT2D eigenvalue weighted by atomic mass is 16.5. The molecule has 1 saturated heterocycles. The number of ether oxygens (including phenoxy) is 4. The maximum absolute atomic E-state index is 14.1. The van der Waals surface area contributed by atoms with Gasteiger partial charge in [0.1, 0.15) is 30.0 Å². The quantitative estimate of drug-likeness (QED) is 0.0970. The minimum absolute atomic E-state index is 0.0233. The number of methoxy groups -OCH3 is 3. The lowest BCUT2D eigenvalue weighted by Gasteiger charge is -2.30. The number of nitrogens with zero attached hydrogens (tertiary/aromatic N) is 3. The third kappa shape index (κ3) is 8.10.